The summed E-state index contributed by atoms with van der Waals surface area (Å²) >= 11 is 0. The van der Waals surface area contributed by atoms with Gasteiger partial charge in [0.25, 0.3) is 0 Å². The molecule has 1 aliphatic carbocycles. The van der Waals surface area contributed by atoms with Crippen molar-refractivity contribution >= 4 is 10.0 Å². The van der Waals surface area contributed by atoms with Gasteiger partial charge in [0.2, 0.25) is 10.0 Å². The lowest BCUT2D eigenvalue weighted by Crippen LogP contribution is -2.47. The van der Waals surface area contributed by atoms with Crippen molar-refractivity contribution in [3.8, 4) is 0 Å². The van der Waals surface area contributed by atoms with Crippen LogP contribution in [0.1, 0.15) is 30.9 Å². The van der Waals surface area contributed by atoms with E-state index in [9.17, 15) is 8.42 Å². The van der Waals surface area contributed by atoms with Crippen molar-refractivity contribution in [3.63, 3.8) is 0 Å². The number of ether oxygens (including phenoxy) is 1. The van der Waals surface area contributed by atoms with Crippen molar-refractivity contribution in [2.75, 3.05) is 6.61 Å². The summed E-state index contributed by atoms with van der Waals surface area (Å²) in [5, 5.41) is 3.22. The van der Waals surface area contributed by atoms with Gasteiger partial charge in [-0.05, 0) is 43.0 Å². The molecule has 3 rings (SSSR count). The molecule has 5 nitrogen and oxygen atoms in total. The Morgan fingerprint density at radius 1 is 1.30 bits per heavy atom. The van der Waals surface area contributed by atoms with E-state index in [4.69, 9.17) is 4.74 Å². The van der Waals surface area contributed by atoms with Crippen LogP contribution >= 0.6 is 0 Å². The third kappa shape index (κ3) is 2.74. The molecule has 0 aromatic heterocycles. The van der Waals surface area contributed by atoms with E-state index in [-0.39, 0.29) is 12.1 Å². The van der Waals surface area contributed by atoms with E-state index in [1.807, 2.05) is 13.0 Å². The average molecular weight is 296 g/mol. The van der Waals surface area contributed by atoms with Crippen LogP contribution in [-0.4, -0.2) is 27.2 Å². The average Bonchev–Trinajstić information content (AvgIpc) is 2.83. The van der Waals surface area contributed by atoms with E-state index >= 15 is 0 Å². The van der Waals surface area contributed by atoms with Gasteiger partial charge in [-0.15, -0.1) is 0 Å². The van der Waals surface area contributed by atoms with Crippen LogP contribution in [0, 0.1) is 0 Å². The highest BCUT2D eigenvalue weighted by atomic mass is 32.2. The molecule has 0 bridgehead atoms. The maximum atomic E-state index is 12.3. The lowest BCUT2D eigenvalue weighted by Gasteiger charge is -2.35. The van der Waals surface area contributed by atoms with Crippen LogP contribution in [0.2, 0.25) is 0 Å². The fourth-order valence-corrected chi connectivity index (χ4v) is 4.07. The van der Waals surface area contributed by atoms with Crippen LogP contribution < -0.4 is 10.0 Å². The summed E-state index contributed by atoms with van der Waals surface area (Å²) in [7, 11) is -3.41. The number of rotatable bonds is 5. The first-order valence-corrected chi connectivity index (χ1v) is 8.53. The summed E-state index contributed by atoms with van der Waals surface area (Å²) < 4.78 is 32.9. The first kappa shape index (κ1) is 14.0. The summed E-state index contributed by atoms with van der Waals surface area (Å²) in [6, 6.07) is 5.36. The van der Waals surface area contributed by atoms with Gasteiger partial charge in [0.1, 0.15) is 0 Å². The Morgan fingerprint density at radius 3 is 2.80 bits per heavy atom. The molecule has 0 radical (unpaired) electrons. The molecule has 110 valence electrons. The molecule has 1 saturated carbocycles. The number of hydrogen-bond acceptors (Lipinski definition) is 4. The zero-order valence-electron chi connectivity index (χ0n) is 11.6. The van der Waals surface area contributed by atoms with Gasteiger partial charge in [0.15, 0.2) is 0 Å². The molecular formula is C14H20N2O3S. The van der Waals surface area contributed by atoms with Gasteiger partial charge in [-0.25, -0.2) is 13.1 Å². The largest absolute Gasteiger partial charge is 0.378 e. The summed E-state index contributed by atoms with van der Waals surface area (Å²) in [5.41, 5.74) is 2.26. The molecule has 0 saturated heterocycles. The predicted molar refractivity (Wildman–Crippen MR) is 75.7 cm³/mol. The molecule has 1 aromatic carbocycles. The Morgan fingerprint density at radius 2 is 2.05 bits per heavy atom. The minimum Gasteiger partial charge on any atom is -0.378 e. The van der Waals surface area contributed by atoms with Crippen LogP contribution in [0.5, 0.6) is 0 Å². The molecule has 0 spiro atoms. The Labute approximate surface area is 119 Å². The third-order valence-electron chi connectivity index (χ3n) is 3.94. The van der Waals surface area contributed by atoms with Gasteiger partial charge < -0.3 is 10.1 Å². The number of nitrogens with one attached hydrogen (secondary N) is 2. The van der Waals surface area contributed by atoms with E-state index < -0.39 is 10.0 Å². The Bertz CT molecular complexity index is 594. The second-order valence-corrected chi connectivity index (χ2v) is 7.12. The Balaban J connectivity index is 1.67. The molecule has 2 N–H and O–H groups in total. The van der Waals surface area contributed by atoms with Crippen LogP contribution in [0.4, 0.5) is 0 Å². The lowest BCUT2D eigenvalue weighted by molar-refractivity contribution is -0.00475. The molecule has 1 fully saturated rings. The molecule has 20 heavy (non-hydrogen) atoms. The molecule has 0 amide bonds. The van der Waals surface area contributed by atoms with E-state index in [2.05, 4.69) is 10.0 Å². The maximum absolute atomic E-state index is 12.3. The highest BCUT2D eigenvalue weighted by molar-refractivity contribution is 7.89. The summed E-state index contributed by atoms with van der Waals surface area (Å²) in [4.78, 5) is 0.361. The number of sulfonamides is 1. The predicted octanol–water partition coefficient (Wildman–Crippen LogP) is 1.14. The minimum absolute atomic E-state index is 0.00271. The zero-order chi connectivity index (χ0) is 14.2. The third-order valence-corrected chi connectivity index (χ3v) is 5.46. The van der Waals surface area contributed by atoms with Crippen molar-refractivity contribution in [1.82, 2.24) is 10.0 Å². The van der Waals surface area contributed by atoms with Crippen molar-refractivity contribution in [1.29, 1.82) is 0 Å². The van der Waals surface area contributed by atoms with Crippen molar-refractivity contribution < 1.29 is 13.2 Å². The van der Waals surface area contributed by atoms with E-state index in [0.717, 1.165) is 31.5 Å². The zero-order valence-corrected chi connectivity index (χ0v) is 12.4. The SMILES string of the molecule is CCOC1CC(NS(=O)(=O)c2ccc3c(c2)CNC3)C1. The topological polar surface area (TPSA) is 67.4 Å². The van der Waals surface area contributed by atoms with Gasteiger partial charge in [-0.2, -0.15) is 0 Å². The van der Waals surface area contributed by atoms with Crippen LogP contribution in [-0.2, 0) is 27.8 Å². The number of fused-ring (bicyclic) bond motifs is 1. The van der Waals surface area contributed by atoms with Crippen molar-refractivity contribution in [2.45, 2.75) is 49.9 Å². The molecular weight excluding hydrogens is 276 g/mol. The first-order valence-electron chi connectivity index (χ1n) is 7.05. The highest BCUT2D eigenvalue weighted by Gasteiger charge is 2.33. The van der Waals surface area contributed by atoms with Gasteiger partial charge in [0, 0.05) is 25.7 Å². The number of benzene rings is 1. The fourth-order valence-electron chi connectivity index (χ4n) is 2.76. The van der Waals surface area contributed by atoms with Gasteiger partial charge in [-0.1, -0.05) is 6.07 Å². The molecule has 6 heteroatoms. The van der Waals surface area contributed by atoms with Gasteiger partial charge in [0.05, 0.1) is 11.0 Å². The molecule has 1 heterocycles. The van der Waals surface area contributed by atoms with Crippen LogP contribution in [0.25, 0.3) is 0 Å². The summed E-state index contributed by atoms with van der Waals surface area (Å²) in [5.74, 6) is 0. The normalized spacial score (nSPS) is 25.2. The van der Waals surface area contributed by atoms with Crippen molar-refractivity contribution in [3.05, 3.63) is 29.3 Å². The molecule has 0 unspecified atom stereocenters. The van der Waals surface area contributed by atoms with E-state index in [1.165, 1.54) is 5.56 Å². The quantitative estimate of drug-likeness (QED) is 0.855. The highest BCUT2D eigenvalue weighted by Crippen LogP contribution is 2.26. The van der Waals surface area contributed by atoms with E-state index in [0.29, 0.717) is 11.5 Å². The molecule has 0 atom stereocenters. The Kier molecular flexibility index (Phi) is 3.81. The first-order chi connectivity index (χ1) is 9.58. The molecule has 1 aromatic rings. The number of hydrogen-bond donors (Lipinski definition) is 2. The summed E-state index contributed by atoms with van der Waals surface area (Å²) in [6.45, 7) is 4.20. The maximum Gasteiger partial charge on any atom is 0.240 e. The minimum atomic E-state index is -3.41. The van der Waals surface area contributed by atoms with Crippen LogP contribution in [0.15, 0.2) is 23.1 Å². The Hall–Kier alpha value is -0.950. The summed E-state index contributed by atoms with van der Waals surface area (Å²) in [6.07, 6.45) is 1.73. The van der Waals surface area contributed by atoms with Crippen LogP contribution in [0.3, 0.4) is 0 Å². The second kappa shape index (κ2) is 5.44. The standard InChI is InChI=1S/C14H20N2O3S/c1-2-19-13-6-12(7-13)16-20(17,18)14-4-3-10-8-15-9-11(10)5-14/h3-5,12-13,15-16H,2,6-9H2,1H3. The van der Waals surface area contributed by atoms with Gasteiger partial charge in [-0.3, -0.25) is 0 Å². The fraction of sp³-hybridized carbons (Fsp3) is 0.571. The second-order valence-electron chi connectivity index (χ2n) is 5.40. The smallest absolute Gasteiger partial charge is 0.240 e. The molecule has 2 aliphatic rings. The van der Waals surface area contributed by atoms with Crippen molar-refractivity contribution in [2.24, 2.45) is 0 Å². The van der Waals surface area contributed by atoms with Gasteiger partial charge >= 0.3 is 0 Å². The monoisotopic (exact) mass is 296 g/mol. The molecule has 1 aliphatic heterocycles. The van der Waals surface area contributed by atoms with E-state index in [1.54, 1.807) is 12.1 Å². The lowest BCUT2D eigenvalue weighted by atomic mass is 9.90.